The highest BCUT2D eigenvalue weighted by Gasteiger charge is 2.34. The molecule has 0 saturated carbocycles. The average molecular weight is 581 g/mol. The first-order valence-corrected chi connectivity index (χ1v) is 13.4. The summed E-state index contributed by atoms with van der Waals surface area (Å²) in [5, 5.41) is 26.7. The number of primary amides is 1. The van der Waals surface area contributed by atoms with E-state index in [4.69, 9.17) is 22.9 Å². The van der Waals surface area contributed by atoms with E-state index in [1.807, 2.05) is 0 Å². The van der Waals surface area contributed by atoms with Crippen LogP contribution < -0.4 is 38.9 Å². The van der Waals surface area contributed by atoms with Gasteiger partial charge in [-0.2, -0.15) is 0 Å². The molecule has 15 heteroatoms. The quantitative estimate of drug-likeness (QED) is 0.0552. The molecular formula is C26H44N8O7. The molecule has 41 heavy (non-hydrogen) atoms. The number of nitrogens with zero attached hydrogens (tertiary/aromatic N) is 1. The predicted molar refractivity (Wildman–Crippen MR) is 150 cm³/mol. The molecule has 0 saturated heterocycles. The molecule has 0 aliphatic rings. The monoisotopic (exact) mass is 580 g/mol. The Balaban J connectivity index is 3.17. The van der Waals surface area contributed by atoms with Gasteiger partial charge >= 0.3 is 0 Å². The second kappa shape index (κ2) is 18.5. The maximum atomic E-state index is 13.6. The first kappa shape index (κ1) is 35.2. The third-order valence-corrected chi connectivity index (χ3v) is 6.48. The second-order valence-electron chi connectivity index (χ2n) is 9.70. The molecule has 5 atom stereocenters. The van der Waals surface area contributed by atoms with E-state index in [0.717, 1.165) is 4.90 Å². The lowest BCUT2D eigenvalue weighted by molar-refractivity contribution is -0.143. The van der Waals surface area contributed by atoms with Crippen LogP contribution in [0, 0.1) is 0 Å². The number of aromatic hydroxyl groups is 1. The molecule has 1 aromatic carbocycles. The van der Waals surface area contributed by atoms with Crippen LogP contribution in [0.25, 0.3) is 0 Å². The van der Waals surface area contributed by atoms with Crippen molar-refractivity contribution in [2.24, 2.45) is 22.9 Å². The van der Waals surface area contributed by atoms with Gasteiger partial charge < -0.3 is 54.0 Å². The van der Waals surface area contributed by atoms with Crippen LogP contribution in [0.1, 0.15) is 44.1 Å². The molecule has 0 aliphatic heterocycles. The Morgan fingerprint density at radius 2 is 1.49 bits per heavy atom. The highest BCUT2D eigenvalue weighted by atomic mass is 16.3. The molecule has 15 nitrogen and oxygen atoms in total. The number of hydrogen-bond donors (Lipinski definition) is 9. The summed E-state index contributed by atoms with van der Waals surface area (Å²) in [5.74, 6) is -2.73. The second-order valence-corrected chi connectivity index (χ2v) is 9.70. The summed E-state index contributed by atoms with van der Waals surface area (Å²) in [6, 6.07) is 1.68. The number of aliphatic hydroxyl groups is 1. The van der Waals surface area contributed by atoms with Crippen LogP contribution in [0.4, 0.5) is 0 Å². The zero-order valence-electron chi connectivity index (χ0n) is 23.3. The number of phenols is 1. The van der Waals surface area contributed by atoms with Crippen LogP contribution in [0.2, 0.25) is 0 Å². The Kier molecular flexibility index (Phi) is 15.9. The number of carbonyl (C=O) groups excluding carboxylic acids is 5. The summed E-state index contributed by atoms with van der Waals surface area (Å²) >= 11 is 0. The molecule has 230 valence electrons. The normalized spacial score (nSPS) is 14.6. The van der Waals surface area contributed by atoms with Crippen LogP contribution in [-0.2, 0) is 30.4 Å². The Morgan fingerprint density at radius 3 is 2.02 bits per heavy atom. The van der Waals surface area contributed by atoms with Gasteiger partial charge in [0.2, 0.25) is 30.0 Å². The maximum absolute atomic E-state index is 13.6. The van der Waals surface area contributed by atoms with Crippen molar-refractivity contribution in [2.45, 2.75) is 75.3 Å². The zero-order chi connectivity index (χ0) is 30.9. The van der Waals surface area contributed by atoms with Crippen molar-refractivity contribution >= 4 is 30.0 Å². The summed E-state index contributed by atoms with van der Waals surface area (Å²) in [7, 11) is 1.37. The van der Waals surface area contributed by atoms with Gasteiger partial charge in [-0.3, -0.25) is 24.0 Å². The largest absolute Gasteiger partial charge is 0.508 e. The lowest BCUT2D eigenvalue weighted by Gasteiger charge is -2.32. The summed E-state index contributed by atoms with van der Waals surface area (Å²) in [4.78, 5) is 64.2. The van der Waals surface area contributed by atoms with Gasteiger partial charge in [0.1, 0.15) is 36.1 Å². The Hall–Kier alpha value is -3.79. The van der Waals surface area contributed by atoms with Crippen LogP contribution in [-0.4, -0.2) is 95.7 Å². The van der Waals surface area contributed by atoms with Crippen molar-refractivity contribution in [2.75, 3.05) is 20.1 Å². The number of aliphatic hydroxyl groups excluding tert-OH is 1. The topological polar surface area (TPSA) is 269 Å². The van der Waals surface area contributed by atoms with Gasteiger partial charge in [-0.05, 0) is 69.3 Å². The van der Waals surface area contributed by atoms with Gasteiger partial charge in [-0.25, -0.2) is 0 Å². The predicted octanol–water partition coefficient (Wildman–Crippen LogP) is -3.13. The van der Waals surface area contributed by atoms with Crippen LogP contribution in [0.15, 0.2) is 24.3 Å². The highest BCUT2D eigenvalue weighted by Crippen LogP contribution is 2.14. The van der Waals surface area contributed by atoms with Crippen molar-refractivity contribution in [3.8, 4) is 5.75 Å². The van der Waals surface area contributed by atoms with E-state index in [0.29, 0.717) is 24.8 Å². The third-order valence-electron chi connectivity index (χ3n) is 6.48. The Morgan fingerprint density at radius 1 is 0.902 bits per heavy atom. The average Bonchev–Trinajstić information content (AvgIpc) is 2.93. The first-order valence-electron chi connectivity index (χ1n) is 13.4. The van der Waals surface area contributed by atoms with Crippen LogP contribution in [0.5, 0.6) is 5.75 Å². The van der Waals surface area contributed by atoms with E-state index in [1.54, 1.807) is 12.1 Å². The van der Waals surface area contributed by atoms with E-state index in [-0.39, 0.29) is 50.9 Å². The minimum Gasteiger partial charge on any atom is -0.508 e. The van der Waals surface area contributed by atoms with Gasteiger partial charge in [-0.1, -0.05) is 12.1 Å². The summed E-state index contributed by atoms with van der Waals surface area (Å²) in [5.41, 5.74) is 22.8. The van der Waals surface area contributed by atoms with E-state index in [9.17, 15) is 34.2 Å². The number of phenolic OH excluding ortho intramolecular Hbond substituents is 1. The first-order chi connectivity index (χ1) is 19.4. The number of nitrogens with one attached hydrogen (secondary N) is 3. The lowest BCUT2D eigenvalue weighted by Crippen LogP contribution is -2.58. The lowest BCUT2D eigenvalue weighted by atomic mass is 10.0. The molecule has 0 aromatic heterocycles. The van der Waals surface area contributed by atoms with E-state index in [2.05, 4.69) is 16.0 Å². The number of carbonyl (C=O) groups is 5. The summed E-state index contributed by atoms with van der Waals surface area (Å²) < 4.78 is 0. The number of amides is 5. The maximum Gasteiger partial charge on any atom is 0.245 e. The van der Waals surface area contributed by atoms with Crippen molar-refractivity contribution in [3.05, 3.63) is 29.8 Å². The number of likely N-dealkylation sites (N-methyl/N-ethyl adjacent to an activating group) is 1. The summed E-state index contributed by atoms with van der Waals surface area (Å²) in [6.45, 7) is 0.504. The molecule has 1 aromatic rings. The van der Waals surface area contributed by atoms with Crippen molar-refractivity contribution < 1.29 is 34.2 Å². The fourth-order valence-corrected chi connectivity index (χ4v) is 4.13. The molecule has 3 unspecified atom stereocenters. The van der Waals surface area contributed by atoms with E-state index >= 15 is 0 Å². The third kappa shape index (κ3) is 12.5. The molecule has 0 aliphatic carbocycles. The Bertz CT molecular complexity index is 993. The van der Waals surface area contributed by atoms with Crippen LogP contribution in [0.3, 0.4) is 0 Å². The smallest absolute Gasteiger partial charge is 0.245 e. The fourth-order valence-electron chi connectivity index (χ4n) is 4.13. The number of hydrogen-bond acceptors (Lipinski definition) is 10. The van der Waals surface area contributed by atoms with Crippen molar-refractivity contribution in [3.63, 3.8) is 0 Å². The molecule has 0 radical (unpaired) electrons. The SMILES string of the molecule is CN(C(=O)C(CCC(N)O)NC(=O)[C@H](CCCN)NC=O)[C@@H](CCCN)C(=O)NC(Cc1ccc(O)cc1)C(N)=O. The molecule has 0 bridgehead atoms. The van der Waals surface area contributed by atoms with Gasteiger partial charge in [0.05, 0.1) is 0 Å². The number of rotatable bonds is 20. The van der Waals surface area contributed by atoms with Crippen molar-refractivity contribution in [1.29, 1.82) is 0 Å². The van der Waals surface area contributed by atoms with Gasteiger partial charge in [0, 0.05) is 13.5 Å². The van der Waals surface area contributed by atoms with Crippen molar-refractivity contribution in [1.82, 2.24) is 20.9 Å². The standard InChI is InChI=1S/C26H44N8O7/c1-34(26(41)19(10-11-22(29)37)32-24(39)18(31-15-35)4-2-12-27)21(5-3-13-28)25(40)33-20(23(30)38)14-16-6-8-17(36)9-7-16/h6-9,15,18-22,36-37H,2-5,10-14,27-29H2,1H3,(H2,30,38)(H,31,35)(H,32,39)(H,33,40)/t18-,19?,20?,21-,22?/m0/s1. The molecule has 0 fully saturated rings. The Labute approximate surface area is 239 Å². The fraction of sp³-hybridized carbons (Fsp3) is 0.577. The van der Waals surface area contributed by atoms with E-state index in [1.165, 1.54) is 19.2 Å². The minimum absolute atomic E-state index is 0.0341. The minimum atomic E-state index is -1.26. The summed E-state index contributed by atoms with van der Waals surface area (Å²) in [6.07, 6.45) is 0.208. The molecule has 5 amide bonds. The number of nitrogens with two attached hydrogens (primary N) is 4. The zero-order valence-corrected chi connectivity index (χ0v) is 23.3. The van der Waals surface area contributed by atoms with E-state index < -0.39 is 54.0 Å². The van der Waals surface area contributed by atoms with Gasteiger partial charge in [-0.15, -0.1) is 0 Å². The van der Waals surface area contributed by atoms with Gasteiger partial charge in [0.15, 0.2) is 0 Å². The highest BCUT2D eigenvalue weighted by molar-refractivity contribution is 5.94. The molecule has 1 rings (SSSR count). The van der Waals surface area contributed by atoms with Crippen LogP contribution >= 0.6 is 0 Å². The molecule has 0 heterocycles. The van der Waals surface area contributed by atoms with Gasteiger partial charge in [0.25, 0.3) is 0 Å². The number of benzene rings is 1. The molecular weight excluding hydrogens is 536 g/mol. The molecule has 13 N–H and O–H groups in total. The molecule has 0 spiro atoms.